The van der Waals surface area contributed by atoms with Crippen molar-refractivity contribution in [2.24, 2.45) is 5.92 Å². The van der Waals surface area contributed by atoms with E-state index in [0.29, 0.717) is 12.1 Å². The highest BCUT2D eigenvalue weighted by molar-refractivity contribution is 5.68. The van der Waals surface area contributed by atoms with Gasteiger partial charge in [-0.15, -0.1) is 0 Å². The molecule has 4 nitrogen and oxygen atoms in total. The summed E-state index contributed by atoms with van der Waals surface area (Å²) in [4.78, 5) is 11.8. The summed E-state index contributed by atoms with van der Waals surface area (Å²) in [5.74, 6) is 0.899. The van der Waals surface area contributed by atoms with Gasteiger partial charge in [-0.3, -0.25) is 0 Å². The van der Waals surface area contributed by atoms with Gasteiger partial charge in [-0.05, 0) is 71.6 Å². The summed E-state index contributed by atoms with van der Waals surface area (Å²) >= 11 is 0. The van der Waals surface area contributed by atoms with E-state index in [4.69, 9.17) is 4.74 Å². The molecule has 23 heavy (non-hydrogen) atoms. The molecule has 0 heterocycles. The van der Waals surface area contributed by atoms with E-state index < -0.39 is 5.60 Å². The molecule has 2 atom stereocenters. The van der Waals surface area contributed by atoms with Crippen LogP contribution in [0.2, 0.25) is 0 Å². The van der Waals surface area contributed by atoms with E-state index in [0.717, 1.165) is 31.6 Å². The van der Waals surface area contributed by atoms with Crippen LogP contribution in [0.25, 0.3) is 0 Å². The number of alkyl carbamates (subject to hydrolysis) is 1. The summed E-state index contributed by atoms with van der Waals surface area (Å²) in [7, 11) is 0. The van der Waals surface area contributed by atoms with Gasteiger partial charge in [-0.1, -0.05) is 19.8 Å². The Morgan fingerprint density at radius 3 is 2.09 bits per heavy atom. The second kappa shape index (κ2) is 8.36. The first kappa shape index (κ1) is 18.6. The first-order valence-corrected chi connectivity index (χ1v) is 9.57. The third-order valence-corrected chi connectivity index (χ3v) is 5.18. The van der Waals surface area contributed by atoms with Gasteiger partial charge in [0.1, 0.15) is 5.60 Å². The molecule has 0 aromatic rings. The molecule has 0 aromatic heterocycles. The highest BCUT2D eigenvalue weighted by Crippen LogP contribution is 2.25. The fourth-order valence-electron chi connectivity index (χ4n) is 3.87. The zero-order valence-electron chi connectivity index (χ0n) is 15.5. The van der Waals surface area contributed by atoms with Gasteiger partial charge in [0.05, 0.1) is 0 Å². The molecular formula is C19H36N2O2. The van der Waals surface area contributed by atoms with Crippen LogP contribution < -0.4 is 10.6 Å². The van der Waals surface area contributed by atoms with E-state index >= 15 is 0 Å². The summed E-state index contributed by atoms with van der Waals surface area (Å²) in [5, 5.41) is 6.91. The van der Waals surface area contributed by atoms with Crippen molar-refractivity contribution in [3.05, 3.63) is 0 Å². The highest BCUT2D eigenvalue weighted by Gasteiger charge is 2.26. The zero-order valence-corrected chi connectivity index (χ0v) is 15.5. The first-order valence-electron chi connectivity index (χ1n) is 9.57. The molecule has 2 aliphatic rings. The molecule has 1 amide bonds. The van der Waals surface area contributed by atoms with Crippen LogP contribution in [0.1, 0.15) is 85.5 Å². The molecule has 2 aliphatic carbocycles. The van der Waals surface area contributed by atoms with Crippen LogP contribution in [-0.2, 0) is 4.74 Å². The lowest BCUT2D eigenvalue weighted by atomic mass is 9.90. The topological polar surface area (TPSA) is 50.4 Å². The number of rotatable bonds is 3. The Balaban J connectivity index is 1.66. The molecule has 0 radical (unpaired) electrons. The predicted molar refractivity (Wildman–Crippen MR) is 94.6 cm³/mol. The minimum atomic E-state index is -0.417. The number of carbonyl (C=O) groups is 1. The SMILES string of the molecule is CC1CCCC(NC2CCC(NC(=O)OC(C)(C)C)CC2)CC1. The summed E-state index contributed by atoms with van der Waals surface area (Å²) < 4.78 is 5.35. The van der Waals surface area contributed by atoms with Crippen LogP contribution in [0, 0.1) is 5.92 Å². The molecule has 0 saturated heterocycles. The molecule has 0 aliphatic heterocycles. The van der Waals surface area contributed by atoms with Crippen molar-refractivity contribution in [1.82, 2.24) is 10.6 Å². The minimum Gasteiger partial charge on any atom is -0.444 e. The largest absolute Gasteiger partial charge is 0.444 e. The normalized spacial score (nSPS) is 32.9. The molecule has 0 spiro atoms. The molecular weight excluding hydrogens is 288 g/mol. The molecule has 2 rings (SSSR count). The summed E-state index contributed by atoms with van der Waals surface area (Å²) in [6.45, 7) is 8.10. The number of carbonyl (C=O) groups excluding carboxylic acids is 1. The van der Waals surface area contributed by atoms with E-state index in [1.807, 2.05) is 20.8 Å². The maximum Gasteiger partial charge on any atom is 0.407 e. The van der Waals surface area contributed by atoms with Crippen LogP contribution in [-0.4, -0.2) is 29.8 Å². The molecule has 2 N–H and O–H groups in total. The van der Waals surface area contributed by atoms with Gasteiger partial charge < -0.3 is 15.4 Å². The maximum atomic E-state index is 11.8. The van der Waals surface area contributed by atoms with Gasteiger partial charge in [0.15, 0.2) is 0 Å². The van der Waals surface area contributed by atoms with Crippen LogP contribution in [0.5, 0.6) is 0 Å². The third kappa shape index (κ3) is 7.11. The van der Waals surface area contributed by atoms with Crippen molar-refractivity contribution < 1.29 is 9.53 Å². The molecule has 2 saturated carbocycles. The van der Waals surface area contributed by atoms with Crippen LogP contribution >= 0.6 is 0 Å². The monoisotopic (exact) mass is 324 g/mol. The number of amides is 1. The maximum absolute atomic E-state index is 11.8. The first-order chi connectivity index (χ1) is 10.8. The van der Waals surface area contributed by atoms with Crippen LogP contribution in [0.3, 0.4) is 0 Å². The van der Waals surface area contributed by atoms with Crippen molar-refractivity contribution in [2.45, 2.75) is 109 Å². The Morgan fingerprint density at radius 2 is 1.43 bits per heavy atom. The van der Waals surface area contributed by atoms with Gasteiger partial charge in [-0.25, -0.2) is 4.79 Å². The zero-order chi connectivity index (χ0) is 16.9. The van der Waals surface area contributed by atoms with Crippen molar-refractivity contribution >= 4 is 6.09 Å². The lowest BCUT2D eigenvalue weighted by Crippen LogP contribution is -2.46. The Morgan fingerprint density at radius 1 is 0.870 bits per heavy atom. The van der Waals surface area contributed by atoms with Crippen molar-refractivity contribution in [2.75, 3.05) is 0 Å². The van der Waals surface area contributed by atoms with Gasteiger partial charge >= 0.3 is 6.09 Å². The van der Waals surface area contributed by atoms with Gasteiger partial charge in [-0.2, -0.15) is 0 Å². The average molecular weight is 325 g/mol. The van der Waals surface area contributed by atoms with Crippen LogP contribution in [0.4, 0.5) is 4.79 Å². The molecule has 0 aromatic carbocycles. The lowest BCUT2D eigenvalue weighted by molar-refractivity contribution is 0.0489. The molecule has 4 heteroatoms. The molecule has 134 valence electrons. The van der Waals surface area contributed by atoms with Gasteiger partial charge in [0, 0.05) is 18.1 Å². The van der Waals surface area contributed by atoms with Gasteiger partial charge in [0.25, 0.3) is 0 Å². The quantitative estimate of drug-likeness (QED) is 0.757. The Kier molecular flexibility index (Phi) is 6.75. The second-order valence-corrected chi connectivity index (χ2v) is 8.67. The van der Waals surface area contributed by atoms with E-state index in [2.05, 4.69) is 17.6 Å². The summed E-state index contributed by atoms with van der Waals surface area (Å²) in [5.41, 5.74) is -0.417. The number of hydrogen-bond donors (Lipinski definition) is 2. The average Bonchev–Trinajstić information content (AvgIpc) is 2.64. The van der Waals surface area contributed by atoms with Crippen molar-refractivity contribution in [3.8, 4) is 0 Å². The Bertz CT molecular complexity index is 370. The molecule has 2 fully saturated rings. The van der Waals surface area contributed by atoms with Crippen molar-refractivity contribution in [3.63, 3.8) is 0 Å². The smallest absolute Gasteiger partial charge is 0.407 e. The minimum absolute atomic E-state index is 0.272. The number of hydrogen-bond acceptors (Lipinski definition) is 3. The number of nitrogens with one attached hydrogen (secondary N) is 2. The van der Waals surface area contributed by atoms with Gasteiger partial charge in [0.2, 0.25) is 0 Å². The Labute approximate surface area is 142 Å². The fraction of sp³-hybridized carbons (Fsp3) is 0.947. The van der Waals surface area contributed by atoms with E-state index in [1.54, 1.807) is 0 Å². The van der Waals surface area contributed by atoms with E-state index in [-0.39, 0.29) is 12.1 Å². The molecule has 0 bridgehead atoms. The molecule has 2 unspecified atom stereocenters. The van der Waals surface area contributed by atoms with E-state index in [9.17, 15) is 4.79 Å². The van der Waals surface area contributed by atoms with Crippen LogP contribution in [0.15, 0.2) is 0 Å². The summed E-state index contributed by atoms with van der Waals surface area (Å²) in [6.07, 6.45) is 11.0. The predicted octanol–water partition coefficient (Wildman–Crippen LogP) is 4.38. The van der Waals surface area contributed by atoms with E-state index in [1.165, 1.54) is 32.1 Å². The van der Waals surface area contributed by atoms with Crippen molar-refractivity contribution in [1.29, 1.82) is 0 Å². The number of ether oxygens (including phenoxy) is 1. The summed E-state index contributed by atoms with van der Waals surface area (Å²) in [6, 6.07) is 1.61. The Hall–Kier alpha value is -0.770. The third-order valence-electron chi connectivity index (χ3n) is 5.18. The standard InChI is InChI=1S/C19H36N2O2/c1-14-6-5-7-15(9-8-14)20-16-10-12-17(13-11-16)21-18(22)23-19(2,3)4/h14-17,20H,5-13H2,1-4H3,(H,21,22). The highest BCUT2D eigenvalue weighted by atomic mass is 16.6. The lowest BCUT2D eigenvalue weighted by Gasteiger charge is -2.33. The fourth-order valence-corrected chi connectivity index (χ4v) is 3.87. The second-order valence-electron chi connectivity index (χ2n) is 8.67.